The van der Waals surface area contributed by atoms with Gasteiger partial charge in [-0.3, -0.25) is 0 Å². The number of hydrogen-bond donors (Lipinski definition) is 2. The molecule has 9 rings (SSSR count). The van der Waals surface area contributed by atoms with Crippen molar-refractivity contribution in [2.75, 3.05) is 0 Å². The van der Waals surface area contributed by atoms with E-state index in [4.69, 9.17) is 9.97 Å². The third-order valence-corrected chi connectivity index (χ3v) is 10.4. The number of aromatic nitrogens is 4. The fourth-order valence-electron chi connectivity index (χ4n) is 6.91. The van der Waals surface area contributed by atoms with Gasteiger partial charge in [-0.2, -0.15) is 0 Å². The third kappa shape index (κ3) is 5.38. The van der Waals surface area contributed by atoms with Gasteiger partial charge in [-0.05, 0) is 90.5 Å². The summed E-state index contributed by atoms with van der Waals surface area (Å²) in [4.78, 5) is 18.4. The van der Waals surface area contributed by atoms with Gasteiger partial charge in [0.15, 0.2) is 0 Å². The molecular weight excluding hydrogens is 744 g/mol. The SMILES string of the molecule is BrC1=Cc2nc1c(-c1ccccc1)c1cc(Br)c([nH]1)c(-c1ccccc1)c1nc(c(-c3ccccc3)c3ccc([nH]3)c2-c2ccccc2)C=C1. The summed E-state index contributed by atoms with van der Waals surface area (Å²) in [6.07, 6.45) is 6.38. The quantitative estimate of drug-likeness (QED) is 0.187. The zero-order valence-corrected chi connectivity index (χ0v) is 29.8. The molecule has 238 valence electrons. The Morgan fingerprint density at radius 1 is 0.420 bits per heavy atom. The van der Waals surface area contributed by atoms with Crippen LogP contribution in [0, 0.1) is 0 Å². The lowest BCUT2D eigenvalue weighted by Crippen LogP contribution is -1.90. The fraction of sp³-hybridized carbons (Fsp3) is 0. The Balaban J connectivity index is 1.52. The van der Waals surface area contributed by atoms with Gasteiger partial charge in [-0.15, -0.1) is 0 Å². The molecule has 7 aromatic rings. The monoisotopic (exact) mass is 770 g/mol. The van der Waals surface area contributed by atoms with Gasteiger partial charge in [0.2, 0.25) is 0 Å². The molecule has 0 spiro atoms. The van der Waals surface area contributed by atoms with Crippen molar-refractivity contribution in [1.29, 1.82) is 0 Å². The Hall–Kier alpha value is -5.56. The van der Waals surface area contributed by atoms with Crippen LogP contribution in [0.2, 0.25) is 0 Å². The second-order valence-corrected chi connectivity index (χ2v) is 13.9. The molecule has 8 bridgehead atoms. The first-order valence-corrected chi connectivity index (χ1v) is 18.0. The Kier molecular flexibility index (Phi) is 7.76. The van der Waals surface area contributed by atoms with Crippen molar-refractivity contribution in [2.24, 2.45) is 0 Å². The normalized spacial score (nSPS) is 12.2. The van der Waals surface area contributed by atoms with E-state index in [2.05, 4.69) is 175 Å². The van der Waals surface area contributed by atoms with Gasteiger partial charge < -0.3 is 9.97 Å². The molecule has 0 radical (unpaired) electrons. The molecule has 4 nitrogen and oxygen atoms in total. The Labute approximate surface area is 306 Å². The molecule has 0 fully saturated rings. The van der Waals surface area contributed by atoms with Crippen molar-refractivity contribution in [2.45, 2.75) is 0 Å². The summed E-state index contributed by atoms with van der Waals surface area (Å²) in [6.45, 7) is 0. The maximum atomic E-state index is 5.42. The van der Waals surface area contributed by atoms with E-state index in [1.807, 2.05) is 24.3 Å². The molecule has 50 heavy (non-hydrogen) atoms. The maximum absolute atomic E-state index is 5.42. The fourth-order valence-corrected chi connectivity index (χ4v) is 7.94. The second-order valence-electron chi connectivity index (χ2n) is 12.2. The summed E-state index contributed by atoms with van der Waals surface area (Å²) in [5.41, 5.74) is 15.6. The van der Waals surface area contributed by atoms with Crippen LogP contribution in [0.3, 0.4) is 0 Å². The van der Waals surface area contributed by atoms with Crippen LogP contribution in [0.1, 0.15) is 22.8 Å². The van der Waals surface area contributed by atoms with Crippen LogP contribution in [0.5, 0.6) is 0 Å². The average molecular weight is 773 g/mol. The van der Waals surface area contributed by atoms with Crippen LogP contribution in [0.25, 0.3) is 89.3 Å². The first-order chi connectivity index (χ1) is 24.6. The highest BCUT2D eigenvalue weighted by molar-refractivity contribution is 9.15. The highest BCUT2D eigenvalue weighted by atomic mass is 79.9. The summed E-state index contributed by atoms with van der Waals surface area (Å²) in [7, 11) is 0. The first kappa shape index (κ1) is 30.5. The maximum Gasteiger partial charge on any atom is 0.0879 e. The van der Waals surface area contributed by atoms with Crippen LogP contribution in [0.15, 0.2) is 144 Å². The molecule has 2 aliphatic heterocycles. The number of hydrogen-bond acceptors (Lipinski definition) is 2. The largest absolute Gasteiger partial charge is 0.354 e. The molecule has 0 saturated carbocycles. The molecule has 0 saturated heterocycles. The number of nitrogens with one attached hydrogen (secondary N) is 2. The van der Waals surface area contributed by atoms with Crippen molar-refractivity contribution in [3.05, 3.63) is 167 Å². The molecule has 0 unspecified atom stereocenters. The number of nitrogens with zero attached hydrogens (tertiary/aromatic N) is 2. The number of halogens is 2. The van der Waals surface area contributed by atoms with E-state index in [0.717, 1.165) is 98.3 Å². The van der Waals surface area contributed by atoms with Gasteiger partial charge >= 0.3 is 0 Å². The van der Waals surface area contributed by atoms with Crippen LogP contribution in [-0.4, -0.2) is 19.9 Å². The molecule has 4 aromatic carbocycles. The van der Waals surface area contributed by atoms with Gasteiger partial charge in [-0.1, -0.05) is 121 Å². The zero-order valence-electron chi connectivity index (χ0n) is 26.7. The summed E-state index contributed by atoms with van der Waals surface area (Å²) < 4.78 is 1.85. The van der Waals surface area contributed by atoms with Crippen LogP contribution >= 0.6 is 31.9 Å². The first-order valence-electron chi connectivity index (χ1n) is 16.4. The van der Waals surface area contributed by atoms with E-state index in [9.17, 15) is 0 Å². The molecule has 2 aliphatic rings. The standard InChI is InChI=1S/C44H28Br2N4/c45-31-25-37-40(28-15-7-2-8-16-28)35-22-21-33(47-35)39(27-13-5-1-6-14-27)34-23-24-36(48-34)41(29-17-9-3-10-18-29)43-32(46)26-38(50-43)42(44(31)49-37)30-19-11-4-12-20-30/h1-26,47,50H. The summed E-state index contributed by atoms with van der Waals surface area (Å²) >= 11 is 7.92. The van der Waals surface area contributed by atoms with Crippen molar-refractivity contribution < 1.29 is 0 Å². The van der Waals surface area contributed by atoms with E-state index in [-0.39, 0.29) is 0 Å². The summed E-state index contributed by atoms with van der Waals surface area (Å²) in [5, 5.41) is 0. The van der Waals surface area contributed by atoms with Crippen LogP contribution in [-0.2, 0) is 0 Å². The lowest BCUT2D eigenvalue weighted by molar-refractivity contribution is 1.31. The molecule has 0 atom stereocenters. The molecule has 2 N–H and O–H groups in total. The van der Waals surface area contributed by atoms with E-state index in [1.54, 1.807) is 0 Å². The van der Waals surface area contributed by atoms with Gasteiger partial charge in [0, 0.05) is 47.8 Å². The Morgan fingerprint density at radius 2 is 0.880 bits per heavy atom. The van der Waals surface area contributed by atoms with E-state index < -0.39 is 0 Å². The average Bonchev–Trinajstić information content (AvgIpc) is 3.97. The van der Waals surface area contributed by atoms with Gasteiger partial charge in [0.25, 0.3) is 0 Å². The minimum absolute atomic E-state index is 0.852. The van der Waals surface area contributed by atoms with Gasteiger partial charge in [-0.25, -0.2) is 9.97 Å². The zero-order chi connectivity index (χ0) is 33.6. The lowest BCUT2D eigenvalue weighted by atomic mass is 10.0. The molecule has 6 heteroatoms. The van der Waals surface area contributed by atoms with E-state index in [1.165, 1.54) is 0 Å². The molecule has 0 amide bonds. The lowest BCUT2D eigenvalue weighted by Gasteiger charge is -2.07. The molecule has 3 aromatic heterocycles. The third-order valence-electron chi connectivity index (χ3n) is 9.13. The number of H-pyrrole nitrogens is 2. The summed E-state index contributed by atoms with van der Waals surface area (Å²) in [5.74, 6) is 0. The Morgan fingerprint density at radius 3 is 1.42 bits per heavy atom. The van der Waals surface area contributed by atoms with E-state index >= 15 is 0 Å². The predicted octanol–water partition coefficient (Wildman–Crippen LogP) is 12.8. The van der Waals surface area contributed by atoms with Crippen molar-refractivity contribution >= 4 is 76.6 Å². The second kappa shape index (κ2) is 12.7. The highest BCUT2D eigenvalue weighted by Crippen LogP contribution is 2.42. The summed E-state index contributed by atoms with van der Waals surface area (Å²) in [6, 6.07) is 48.3. The molecule has 5 heterocycles. The van der Waals surface area contributed by atoms with Crippen LogP contribution in [0.4, 0.5) is 0 Å². The van der Waals surface area contributed by atoms with Crippen molar-refractivity contribution in [3.63, 3.8) is 0 Å². The van der Waals surface area contributed by atoms with Gasteiger partial charge in [0.1, 0.15) is 0 Å². The van der Waals surface area contributed by atoms with Crippen molar-refractivity contribution in [3.8, 4) is 44.5 Å². The smallest absolute Gasteiger partial charge is 0.0879 e. The molecule has 0 aliphatic carbocycles. The highest BCUT2D eigenvalue weighted by Gasteiger charge is 2.22. The Bertz CT molecular complexity index is 2640. The predicted molar refractivity (Wildman–Crippen MR) is 216 cm³/mol. The number of fused-ring (bicyclic) bond motifs is 8. The minimum Gasteiger partial charge on any atom is -0.354 e. The minimum atomic E-state index is 0.852. The topological polar surface area (TPSA) is 57.4 Å². The van der Waals surface area contributed by atoms with Gasteiger partial charge in [0.05, 0.1) is 28.3 Å². The number of benzene rings is 4. The molecular formula is C44H28Br2N4. The number of rotatable bonds is 4. The van der Waals surface area contributed by atoms with Crippen molar-refractivity contribution in [1.82, 2.24) is 19.9 Å². The van der Waals surface area contributed by atoms with E-state index in [0.29, 0.717) is 0 Å². The number of aromatic amines is 2. The van der Waals surface area contributed by atoms with Crippen LogP contribution < -0.4 is 0 Å².